The quantitative estimate of drug-likeness (QED) is 0.807. The van der Waals surface area contributed by atoms with Crippen LogP contribution in [0.3, 0.4) is 0 Å². The maximum Gasteiger partial charge on any atom is 0.226 e. The second kappa shape index (κ2) is 5.10. The highest BCUT2D eigenvalue weighted by molar-refractivity contribution is 7.09. The largest absolute Gasteiger partial charge is 0.449 e. The second-order valence-electron chi connectivity index (χ2n) is 5.28. The molecular weight excluding hydrogens is 300 g/mol. The molecule has 0 spiro atoms. The number of oxazole rings is 1. The van der Waals surface area contributed by atoms with Crippen LogP contribution in [0.2, 0.25) is 0 Å². The molecule has 1 amide bonds. The van der Waals surface area contributed by atoms with E-state index < -0.39 is 0 Å². The van der Waals surface area contributed by atoms with Crippen molar-refractivity contribution in [2.45, 2.75) is 25.8 Å². The van der Waals surface area contributed by atoms with Crippen molar-refractivity contribution >= 4 is 23.1 Å². The molecule has 0 fully saturated rings. The molecule has 1 atom stereocenters. The average Bonchev–Trinajstić information content (AvgIpc) is 3.21. The molecule has 4 heterocycles. The molecule has 4 rings (SSSR count). The smallest absolute Gasteiger partial charge is 0.226 e. The number of hydrogen-bond acceptors (Lipinski definition) is 5. The molecule has 22 heavy (non-hydrogen) atoms. The summed E-state index contributed by atoms with van der Waals surface area (Å²) in [6.07, 6.45) is 3.81. The van der Waals surface area contributed by atoms with Gasteiger partial charge in [0, 0.05) is 29.7 Å². The fraction of sp³-hybridized carbons (Fsp3) is 0.267. The molecule has 3 aromatic rings. The Bertz CT molecular complexity index is 819. The molecule has 0 bridgehead atoms. The molecule has 1 N–H and O–H groups in total. The minimum atomic E-state index is -0.0988. The number of aryl methyl sites for hydroxylation is 1. The van der Waals surface area contributed by atoms with Crippen LogP contribution in [0.25, 0.3) is 0 Å². The number of nitrogens with one attached hydrogen (secondary N) is 1. The number of rotatable bonds is 3. The Hall–Kier alpha value is -2.41. The van der Waals surface area contributed by atoms with Crippen LogP contribution < -0.4 is 5.32 Å². The second-order valence-corrected chi connectivity index (χ2v) is 6.31. The molecular formula is C15H14N4O2S. The van der Waals surface area contributed by atoms with Crippen LogP contribution in [0.5, 0.6) is 0 Å². The first-order chi connectivity index (χ1) is 10.7. The molecule has 0 saturated carbocycles. The topological polar surface area (TPSA) is 73.0 Å². The number of aromatic nitrogens is 3. The lowest BCUT2D eigenvalue weighted by Gasteiger charge is -2.21. The van der Waals surface area contributed by atoms with Gasteiger partial charge >= 0.3 is 0 Å². The van der Waals surface area contributed by atoms with E-state index in [1.165, 1.54) is 4.88 Å². The van der Waals surface area contributed by atoms with Crippen LogP contribution in [0.15, 0.2) is 34.4 Å². The van der Waals surface area contributed by atoms with Crippen LogP contribution in [0.1, 0.15) is 34.4 Å². The molecule has 0 radical (unpaired) electrons. The Morgan fingerprint density at radius 3 is 3.18 bits per heavy atom. The van der Waals surface area contributed by atoms with E-state index >= 15 is 0 Å². The first-order valence-corrected chi connectivity index (χ1v) is 7.88. The minimum Gasteiger partial charge on any atom is -0.449 e. The predicted octanol–water partition coefficient (Wildman–Crippen LogP) is 2.76. The van der Waals surface area contributed by atoms with Gasteiger partial charge in [0.25, 0.3) is 0 Å². The zero-order valence-electron chi connectivity index (χ0n) is 11.9. The first-order valence-electron chi connectivity index (χ1n) is 7.00. The number of fused-ring (bicyclic) bond motifs is 1. The van der Waals surface area contributed by atoms with E-state index in [1.54, 1.807) is 24.5 Å². The summed E-state index contributed by atoms with van der Waals surface area (Å²) in [6, 6.07) is 4.07. The number of carbonyl (C=O) groups excluding carboxylic acids is 1. The molecule has 0 aliphatic carbocycles. The van der Waals surface area contributed by atoms with E-state index in [0.29, 0.717) is 18.9 Å². The number of anilines is 1. The van der Waals surface area contributed by atoms with Gasteiger partial charge in [-0.2, -0.15) is 5.10 Å². The molecule has 1 aliphatic heterocycles. The zero-order valence-corrected chi connectivity index (χ0v) is 12.8. The summed E-state index contributed by atoms with van der Waals surface area (Å²) in [5.41, 5.74) is 1.77. The fourth-order valence-electron chi connectivity index (χ4n) is 2.74. The molecule has 6 nitrogen and oxygen atoms in total. The predicted molar refractivity (Wildman–Crippen MR) is 82.0 cm³/mol. The highest BCUT2D eigenvalue weighted by atomic mass is 32.1. The Kier molecular flexibility index (Phi) is 3.07. The Morgan fingerprint density at radius 2 is 2.45 bits per heavy atom. The van der Waals surface area contributed by atoms with Gasteiger partial charge in [0.2, 0.25) is 5.91 Å². The summed E-state index contributed by atoms with van der Waals surface area (Å²) in [5.74, 6) is 1.24. The van der Waals surface area contributed by atoms with E-state index in [-0.39, 0.29) is 11.8 Å². The summed E-state index contributed by atoms with van der Waals surface area (Å²) in [6.45, 7) is 2.45. The maximum absolute atomic E-state index is 12.1. The minimum absolute atomic E-state index is 0.0221. The van der Waals surface area contributed by atoms with E-state index in [0.717, 1.165) is 17.1 Å². The van der Waals surface area contributed by atoms with E-state index in [2.05, 4.69) is 21.5 Å². The van der Waals surface area contributed by atoms with E-state index in [4.69, 9.17) is 4.42 Å². The average molecular weight is 314 g/mol. The van der Waals surface area contributed by atoms with Crippen molar-refractivity contribution in [2.75, 3.05) is 5.32 Å². The third kappa shape index (κ3) is 2.23. The summed E-state index contributed by atoms with van der Waals surface area (Å²) in [4.78, 5) is 17.6. The van der Waals surface area contributed by atoms with Crippen LogP contribution in [0, 0.1) is 6.92 Å². The van der Waals surface area contributed by atoms with Crippen molar-refractivity contribution < 1.29 is 9.21 Å². The highest BCUT2D eigenvalue weighted by Gasteiger charge is 2.31. The third-order valence-corrected chi connectivity index (χ3v) is 4.63. The number of amides is 1. The Balaban J connectivity index is 1.72. The molecule has 0 unspecified atom stereocenters. The SMILES string of the molecule is Cc1nc([C@@H]2CC(=O)Nc3c2cnn3Cc2cccs2)co1. The molecule has 0 aromatic carbocycles. The molecule has 112 valence electrons. The number of thiophene rings is 1. The maximum atomic E-state index is 12.1. The lowest BCUT2D eigenvalue weighted by molar-refractivity contribution is -0.116. The third-order valence-electron chi connectivity index (χ3n) is 3.77. The summed E-state index contributed by atoms with van der Waals surface area (Å²) >= 11 is 1.67. The molecule has 0 saturated heterocycles. The van der Waals surface area contributed by atoms with Crippen molar-refractivity contribution in [3.05, 3.63) is 52.0 Å². The van der Waals surface area contributed by atoms with Gasteiger partial charge in [-0.25, -0.2) is 9.67 Å². The highest BCUT2D eigenvalue weighted by Crippen LogP contribution is 2.36. The van der Waals surface area contributed by atoms with Gasteiger partial charge < -0.3 is 9.73 Å². The molecule has 1 aliphatic rings. The van der Waals surface area contributed by atoms with E-state index in [1.807, 2.05) is 22.3 Å². The van der Waals surface area contributed by atoms with Crippen molar-refractivity contribution in [1.29, 1.82) is 0 Å². The van der Waals surface area contributed by atoms with Crippen LogP contribution >= 0.6 is 11.3 Å². The lowest BCUT2D eigenvalue weighted by atomic mass is 9.92. The van der Waals surface area contributed by atoms with Gasteiger partial charge in [0.15, 0.2) is 5.89 Å². The van der Waals surface area contributed by atoms with Gasteiger partial charge in [0.05, 0.1) is 18.4 Å². The molecule has 3 aromatic heterocycles. The summed E-state index contributed by atoms with van der Waals surface area (Å²) < 4.78 is 7.12. The Labute approximate surface area is 130 Å². The summed E-state index contributed by atoms with van der Waals surface area (Å²) in [7, 11) is 0. The lowest BCUT2D eigenvalue weighted by Crippen LogP contribution is -2.25. The van der Waals surface area contributed by atoms with Gasteiger partial charge in [0.1, 0.15) is 12.1 Å². The normalized spacial score (nSPS) is 17.3. The summed E-state index contributed by atoms with van der Waals surface area (Å²) in [5, 5.41) is 9.41. The van der Waals surface area contributed by atoms with Crippen LogP contribution in [0.4, 0.5) is 5.82 Å². The van der Waals surface area contributed by atoms with Crippen LogP contribution in [-0.2, 0) is 11.3 Å². The van der Waals surface area contributed by atoms with Gasteiger partial charge in [-0.15, -0.1) is 11.3 Å². The molecule has 7 heteroatoms. The number of nitrogens with zero attached hydrogens (tertiary/aromatic N) is 3. The van der Waals surface area contributed by atoms with Crippen molar-refractivity contribution in [1.82, 2.24) is 14.8 Å². The van der Waals surface area contributed by atoms with Crippen molar-refractivity contribution in [3.8, 4) is 0 Å². The van der Waals surface area contributed by atoms with Gasteiger partial charge in [-0.1, -0.05) is 6.07 Å². The first kappa shape index (κ1) is 13.3. The van der Waals surface area contributed by atoms with Gasteiger partial charge in [-0.05, 0) is 11.4 Å². The van der Waals surface area contributed by atoms with Crippen molar-refractivity contribution in [3.63, 3.8) is 0 Å². The van der Waals surface area contributed by atoms with Crippen molar-refractivity contribution in [2.24, 2.45) is 0 Å². The zero-order chi connectivity index (χ0) is 15.1. The van der Waals surface area contributed by atoms with Gasteiger partial charge in [-0.3, -0.25) is 4.79 Å². The van der Waals surface area contributed by atoms with Crippen LogP contribution in [-0.4, -0.2) is 20.7 Å². The number of carbonyl (C=O) groups is 1. The van der Waals surface area contributed by atoms with E-state index in [9.17, 15) is 4.79 Å². The monoisotopic (exact) mass is 314 g/mol. The Morgan fingerprint density at radius 1 is 1.55 bits per heavy atom. The fourth-order valence-corrected chi connectivity index (χ4v) is 3.43. The number of hydrogen-bond donors (Lipinski definition) is 1. The standard InChI is InChI=1S/C15H14N4O2S/c1-9-17-13(8-21-9)11-5-14(20)18-15-12(11)6-16-19(15)7-10-3-2-4-22-10/h2-4,6,8,11H,5,7H2,1H3,(H,18,20)/t11-/m1/s1.